The fraction of sp³-hybridized carbons (Fsp3) is 0.500. The molecule has 0 saturated carbocycles. The van der Waals surface area contributed by atoms with Gasteiger partial charge >= 0.3 is 0 Å². The van der Waals surface area contributed by atoms with Crippen molar-refractivity contribution in [2.75, 3.05) is 14.2 Å². The molecule has 3 atom stereocenters. The predicted molar refractivity (Wildman–Crippen MR) is 87.6 cm³/mol. The lowest BCUT2D eigenvalue weighted by molar-refractivity contribution is -0.237. The monoisotopic (exact) mass is 336 g/mol. The lowest BCUT2D eigenvalue weighted by atomic mass is 9.85. The zero-order valence-corrected chi connectivity index (χ0v) is 14.2. The molecule has 1 saturated heterocycles. The molecule has 6 nitrogen and oxygen atoms in total. The number of phenolic OH excluding ortho intramolecular Hbond substituents is 2. The summed E-state index contributed by atoms with van der Waals surface area (Å²) in [5.74, 6) is -0.594. The van der Waals surface area contributed by atoms with Gasteiger partial charge < -0.3 is 24.4 Å². The van der Waals surface area contributed by atoms with Crippen molar-refractivity contribution in [3.63, 3.8) is 0 Å². The molecular formula is C18H24O6. The number of methoxy groups -OCH3 is 2. The van der Waals surface area contributed by atoms with Crippen molar-refractivity contribution in [2.24, 2.45) is 5.92 Å². The van der Waals surface area contributed by atoms with Gasteiger partial charge in [0.15, 0.2) is 24.1 Å². The Kier molecular flexibility index (Phi) is 6.36. The van der Waals surface area contributed by atoms with Crippen molar-refractivity contribution >= 4 is 5.78 Å². The van der Waals surface area contributed by atoms with E-state index in [4.69, 9.17) is 14.2 Å². The van der Waals surface area contributed by atoms with Gasteiger partial charge in [0.2, 0.25) is 0 Å². The quantitative estimate of drug-likeness (QED) is 0.613. The largest absolute Gasteiger partial charge is 0.504 e. The third-order valence-electron chi connectivity index (χ3n) is 4.28. The molecule has 0 radical (unpaired) electrons. The van der Waals surface area contributed by atoms with E-state index in [0.717, 1.165) is 11.1 Å². The van der Waals surface area contributed by atoms with E-state index in [9.17, 15) is 15.0 Å². The van der Waals surface area contributed by atoms with Gasteiger partial charge in [0.25, 0.3) is 0 Å². The van der Waals surface area contributed by atoms with E-state index in [1.165, 1.54) is 19.2 Å². The molecule has 2 rings (SSSR count). The topological polar surface area (TPSA) is 85.2 Å². The van der Waals surface area contributed by atoms with Gasteiger partial charge in [-0.05, 0) is 36.6 Å². The number of hydrogen-bond acceptors (Lipinski definition) is 6. The minimum Gasteiger partial charge on any atom is -0.504 e. The van der Waals surface area contributed by atoms with Gasteiger partial charge in [-0.1, -0.05) is 12.1 Å². The van der Waals surface area contributed by atoms with Crippen molar-refractivity contribution in [3.05, 3.63) is 35.4 Å². The molecule has 0 aromatic heterocycles. The Hall–Kier alpha value is -1.89. The van der Waals surface area contributed by atoms with Crippen LogP contribution >= 0.6 is 0 Å². The fourth-order valence-corrected chi connectivity index (χ4v) is 2.93. The van der Waals surface area contributed by atoms with Gasteiger partial charge in [-0.2, -0.15) is 0 Å². The Labute approximate surface area is 141 Å². The van der Waals surface area contributed by atoms with Crippen LogP contribution in [-0.2, 0) is 25.4 Å². The summed E-state index contributed by atoms with van der Waals surface area (Å²) >= 11 is 0. The van der Waals surface area contributed by atoms with Crippen molar-refractivity contribution < 1.29 is 29.2 Å². The number of rotatable bonds is 6. The zero-order chi connectivity index (χ0) is 17.7. The van der Waals surface area contributed by atoms with Crippen LogP contribution in [0.2, 0.25) is 0 Å². The first kappa shape index (κ1) is 18.4. The van der Waals surface area contributed by atoms with Gasteiger partial charge in [0, 0.05) is 33.0 Å². The maximum absolute atomic E-state index is 12.7. The highest BCUT2D eigenvalue weighted by molar-refractivity contribution is 5.84. The number of ketones is 1. The van der Waals surface area contributed by atoms with Crippen LogP contribution < -0.4 is 0 Å². The molecule has 0 aliphatic carbocycles. The number of carbonyl (C=O) groups is 1. The molecule has 1 aliphatic heterocycles. The van der Waals surface area contributed by atoms with Crippen LogP contribution in [0.5, 0.6) is 11.5 Å². The van der Waals surface area contributed by atoms with Crippen LogP contribution in [0, 0.1) is 5.92 Å². The predicted octanol–water partition coefficient (Wildman–Crippen LogP) is 2.53. The van der Waals surface area contributed by atoms with Crippen LogP contribution in [-0.4, -0.2) is 42.8 Å². The molecule has 6 heteroatoms. The lowest BCUT2D eigenvalue weighted by Crippen LogP contribution is -2.40. The normalized spacial score (nSPS) is 25.8. The number of ether oxygens (including phenoxy) is 3. The highest BCUT2D eigenvalue weighted by Gasteiger charge is 2.37. The second-order valence-electron chi connectivity index (χ2n) is 5.74. The summed E-state index contributed by atoms with van der Waals surface area (Å²) < 4.78 is 16.2. The second-order valence-corrected chi connectivity index (χ2v) is 5.74. The molecule has 1 aromatic rings. The van der Waals surface area contributed by atoms with Crippen molar-refractivity contribution in [1.29, 1.82) is 0 Å². The molecule has 24 heavy (non-hydrogen) atoms. The van der Waals surface area contributed by atoms with Gasteiger partial charge in [-0.25, -0.2) is 0 Å². The smallest absolute Gasteiger partial charge is 0.183 e. The molecule has 0 amide bonds. The molecule has 132 valence electrons. The molecule has 1 fully saturated rings. The van der Waals surface area contributed by atoms with E-state index in [0.29, 0.717) is 19.3 Å². The minimum absolute atomic E-state index is 0.0723. The first-order chi connectivity index (χ1) is 11.5. The summed E-state index contributed by atoms with van der Waals surface area (Å²) in [6, 6.07) is 4.58. The second kappa shape index (κ2) is 8.28. The van der Waals surface area contributed by atoms with Gasteiger partial charge in [-0.15, -0.1) is 0 Å². The number of allylic oxidation sites excluding steroid dienone is 1. The number of Topliss-reactive ketones (excluding diaryl/α,β-unsaturated/α-hetero) is 1. The maximum Gasteiger partial charge on any atom is 0.183 e. The molecule has 2 N–H and O–H groups in total. The summed E-state index contributed by atoms with van der Waals surface area (Å²) in [4.78, 5) is 12.7. The molecule has 0 bridgehead atoms. The molecule has 0 spiro atoms. The van der Waals surface area contributed by atoms with Crippen LogP contribution in [0.15, 0.2) is 29.8 Å². The van der Waals surface area contributed by atoms with E-state index < -0.39 is 12.6 Å². The third kappa shape index (κ3) is 4.14. The number of aryl methyl sites for hydroxylation is 1. The SMILES string of the molecule is C/C=C1\[C@@H](OC)O[C@@H](OC)C[C@H]1C(=O)CCc1ccc(O)c(O)c1. The summed E-state index contributed by atoms with van der Waals surface area (Å²) in [5, 5.41) is 18.9. The average Bonchev–Trinajstić information content (AvgIpc) is 2.60. The Morgan fingerprint density at radius 3 is 2.62 bits per heavy atom. The standard InChI is InChI=1S/C18H24O6/c1-4-12-13(10-17(22-2)24-18(12)23-3)14(19)7-5-11-6-8-15(20)16(21)9-11/h4,6,8-9,13,17-18,20-21H,5,7,10H2,1-3H3/b12-4-/t13-,17-,18+/m1/s1. The average molecular weight is 336 g/mol. The molecule has 0 unspecified atom stereocenters. The number of phenols is 2. The Morgan fingerprint density at radius 1 is 1.29 bits per heavy atom. The number of carbonyl (C=O) groups excluding carboxylic acids is 1. The maximum atomic E-state index is 12.7. The first-order valence-corrected chi connectivity index (χ1v) is 7.90. The number of hydrogen-bond donors (Lipinski definition) is 2. The highest BCUT2D eigenvalue weighted by Crippen LogP contribution is 2.33. The fourth-order valence-electron chi connectivity index (χ4n) is 2.93. The van der Waals surface area contributed by atoms with Gasteiger partial charge in [-0.3, -0.25) is 4.79 Å². The van der Waals surface area contributed by atoms with E-state index in [2.05, 4.69) is 0 Å². The van der Waals surface area contributed by atoms with E-state index in [1.54, 1.807) is 13.2 Å². The number of aromatic hydroxyl groups is 2. The van der Waals surface area contributed by atoms with Crippen molar-refractivity contribution in [1.82, 2.24) is 0 Å². The Bertz CT molecular complexity index is 610. The third-order valence-corrected chi connectivity index (χ3v) is 4.28. The van der Waals surface area contributed by atoms with Crippen molar-refractivity contribution in [3.8, 4) is 11.5 Å². The Morgan fingerprint density at radius 2 is 2.04 bits per heavy atom. The van der Waals surface area contributed by atoms with E-state index >= 15 is 0 Å². The van der Waals surface area contributed by atoms with Crippen molar-refractivity contribution in [2.45, 2.75) is 38.8 Å². The summed E-state index contributed by atoms with van der Waals surface area (Å²) in [6.45, 7) is 1.86. The molecule has 1 aliphatic rings. The van der Waals surface area contributed by atoms with Crippen LogP contribution in [0.25, 0.3) is 0 Å². The number of benzene rings is 1. The molecule has 1 heterocycles. The molecular weight excluding hydrogens is 312 g/mol. The van der Waals surface area contributed by atoms with Gasteiger partial charge in [0.05, 0.1) is 0 Å². The highest BCUT2D eigenvalue weighted by atomic mass is 16.8. The summed E-state index contributed by atoms with van der Waals surface area (Å²) in [7, 11) is 3.08. The van der Waals surface area contributed by atoms with E-state index in [-0.39, 0.29) is 23.2 Å². The van der Waals surface area contributed by atoms with Crippen LogP contribution in [0.1, 0.15) is 25.3 Å². The van der Waals surface area contributed by atoms with Gasteiger partial charge in [0.1, 0.15) is 5.78 Å². The lowest BCUT2D eigenvalue weighted by Gasteiger charge is -2.35. The van der Waals surface area contributed by atoms with E-state index in [1.807, 2.05) is 13.0 Å². The molecule has 1 aromatic carbocycles. The van der Waals surface area contributed by atoms with Crippen LogP contribution in [0.3, 0.4) is 0 Å². The van der Waals surface area contributed by atoms with Crippen LogP contribution in [0.4, 0.5) is 0 Å². The summed E-state index contributed by atoms with van der Waals surface area (Å²) in [5.41, 5.74) is 1.60. The Balaban J connectivity index is 2.06. The zero-order valence-electron chi connectivity index (χ0n) is 14.2. The minimum atomic E-state index is -0.583. The summed E-state index contributed by atoms with van der Waals surface area (Å²) in [6.07, 6.45) is 2.05. The first-order valence-electron chi connectivity index (χ1n) is 7.90.